The maximum absolute atomic E-state index is 5.51. The van der Waals surface area contributed by atoms with E-state index in [1.807, 2.05) is 30.5 Å². The number of nitrogen functional groups attached to an aromatic ring is 1. The van der Waals surface area contributed by atoms with Crippen molar-refractivity contribution in [2.45, 2.75) is 4.90 Å². The molecule has 104 valence electrons. The minimum absolute atomic E-state index is 0. The van der Waals surface area contributed by atoms with Gasteiger partial charge in [-0.25, -0.2) is 10.1 Å². The van der Waals surface area contributed by atoms with Crippen LogP contribution in [0.15, 0.2) is 40.6 Å². The smallest absolute Gasteiger partial charge is 0.263 e. The highest BCUT2D eigenvalue weighted by atomic mass is 35.5. The van der Waals surface area contributed by atoms with Gasteiger partial charge in [0, 0.05) is 4.90 Å². The minimum atomic E-state index is 0. The lowest BCUT2D eigenvalue weighted by Crippen LogP contribution is -2.10. The first-order valence-electron chi connectivity index (χ1n) is 4.88. The molecule has 0 saturated carbocycles. The zero-order chi connectivity index (χ0) is 12.1. The highest BCUT2D eigenvalue weighted by Gasteiger charge is 1.96. The molecule has 2 aromatic rings. The van der Waals surface area contributed by atoms with Gasteiger partial charge >= 0.3 is 0 Å². The maximum atomic E-state index is 5.51. The Morgan fingerprint density at radius 2 is 2.00 bits per heavy atom. The summed E-state index contributed by atoms with van der Waals surface area (Å²) in [6, 6.07) is 8.06. The number of anilines is 1. The summed E-state index contributed by atoms with van der Waals surface area (Å²) in [6.45, 7) is 0. The van der Waals surface area contributed by atoms with Crippen LogP contribution in [-0.4, -0.2) is 27.3 Å². The zero-order valence-corrected chi connectivity index (χ0v) is 12.5. The highest BCUT2D eigenvalue weighted by molar-refractivity contribution is 7.98. The average molecular weight is 321 g/mol. The number of hydrogen-bond donors (Lipinski definition) is 2. The van der Waals surface area contributed by atoms with Gasteiger partial charge in [-0.2, -0.15) is 5.10 Å². The van der Waals surface area contributed by atoms with E-state index in [4.69, 9.17) is 5.84 Å². The molecule has 9 heteroatoms. The number of nitrogens with zero attached hydrogens (tertiary/aromatic N) is 4. The van der Waals surface area contributed by atoms with Crippen LogP contribution in [0.3, 0.4) is 0 Å². The Bertz CT molecular complexity index is 513. The molecule has 0 spiro atoms. The monoisotopic (exact) mass is 320 g/mol. The highest BCUT2D eigenvalue weighted by Crippen LogP contribution is 2.13. The van der Waals surface area contributed by atoms with Gasteiger partial charge in [0.25, 0.3) is 5.95 Å². The van der Waals surface area contributed by atoms with Gasteiger partial charge < -0.3 is 5.84 Å². The van der Waals surface area contributed by atoms with Crippen LogP contribution >= 0.6 is 36.6 Å². The summed E-state index contributed by atoms with van der Waals surface area (Å²) in [7, 11) is 0. The van der Waals surface area contributed by atoms with E-state index in [0.717, 1.165) is 5.56 Å². The van der Waals surface area contributed by atoms with E-state index in [-0.39, 0.29) is 24.8 Å². The fourth-order valence-corrected chi connectivity index (χ4v) is 1.59. The fourth-order valence-electron chi connectivity index (χ4n) is 1.18. The largest absolute Gasteiger partial charge is 0.335 e. The van der Waals surface area contributed by atoms with Crippen LogP contribution in [-0.2, 0) is 0 Å². The van der Waals surface area contributed by atoms with Gasteiger partial charge in [0.05, 0.1) is 6.21 Å². The molecule has 0 bridgehead atoms. The number of rotatable bonds is 4. The molecule has 0 unspecified atom stereocenters. The molecule has 0 atom stereocenters. The number of aromatic nitrogens is 3. The van der Waals surface area contributed by atoms with E-state index in [9.17, 15) is 0 Å². The summed E-state index contributed by atoms with van der Waals surface area (Å²) in [5, 5.41) is 11.4. The number of halogens is 2. The molecular formula is C10H14Cl2N6S. The molecule has 6 nitrogen and oxygen atoms in total. The summed E-state index contributed by atoms with van der Waals surface area (Å²) in [5.41, 5.74) is 3.70. The number of thioether (sulfide) groups is 1. The Labute approximate surface area is 127 Å². The van der Waals surface area contributed by atoms with Crippen molar-refractivity contribution in [2.24, 2.45) is 5.10 Å². The summed E-state index contributed by atoms with van der Waals surface area (Å²) in [5.74, 6) is 5.90. The molecule has 1 aromatic carbocycles. The van der Waals surface area contributed by atoms with Gasteiger partial charge in [-0.1, -0.05) is 12.1 Å². The van der Waals surface area contributed by atoms with E-state index >= 15 is 0 Å². The van der Waals surface area contributed by atoms with E-state index in [0.29, 0.717) is 5.95 Å². The van der Waals surface area contributed by atoms with E-state index in [2.05, 4.69) is 20.7 Å². The number of hydrazone groups is 1. The second-order valence-corrected chi connectivity index (χ2v) is 4.08. The quantitative estimate of drug-likeness (QED) is 0.390. The Morgan fingerprint density at radius 3 is 2.53 bits per heavy atom. The maximum Gasteiger partial charge on any atom is 0.263 e. The Kier molecular flexibility index (Phi) is 7.97. The third-order valence-corrected chi connectivity index (χ3v) is 2.81. The number of nitrogens with one attached hydrogen (secondary N) is 1. The Morgan fingerprint density at radius 1 is 1.32 bits per heavy atom. The van der Waals surface area contributed by atoms with Crippen LogP contribution in [0.1, 0.15) is 5.56 Å². The molecule has 0 aliphatic heterocycles. The second-order valence-electron chi connectivity index (χ2n) is 3.20. The lowest BCUT2D eigenvalue weighted by molar-refractivity contribution is 0.988. The summed E-state index contributed by atoms with van der Waals surface area (Å²) >= 11 is 1.70. The fraction of sp³-hybridized carbons (Fsp3) is 0.100. The number of benzene rings is 1. The Balaban J connectivity index is 0.00000162. The predicted octanol–water partition coefficient (Wildman–Crippen LogP) is 2.00. The van der Waals surface area contributed by atoms with Crippen molar-refractivity contribution in [1.29, 1.82) is 0 Å². The molecule has 0 fully saturated rings. The third kappa shape index (κ3) is 4.98. The first kappa shape index (κ1) is 17.6. The molecule has 19 heavy (non-hydrogen) atoms. The standard InChI is InChI=1S/C10H12N6S.2ClH/c1-17-9-4-2-8(3-5-9)6-12-14-10-15-13-7-16(10)11;;/h2-7H,11H2,1H3,(H,14,15);2*1H. The second kappa shape index (κ2) is 8.63. The van der Waals surface area contributed by atoms with Crippen molar-refractivity contribution in [2.75, 3.05) is 17.5 Å². The number of nitrogens with two attached hydrogens (primary N) is 1. The molecule has 0 amide bonds. The molecule has 0 aliphatic carbocycles. The van der Waals surface area contributed by atoms with Crippen molar-refractivity contribution in [1.82, 2.24) is 14.9 Å². The summed E-state index contributed by atoms with van der Waals surface area (Å²) in [6.07, 6.45) is 5.13. The lowest BCUT2D eigenvalue weighted by atomic mass is 10.2. The van der Waals surface area contributed by atoms with Gasteiger partial charge in [-0.3, -0.25) is 0 Å². The molecule has 3 N–H and O–H groups in total. The van der Waals surface area contributed by atoms with Crippen LogP contribution in [0.5, 0.6) is 0 Å². The van der Waals surface area contributed by atoms with Gasteiger partial charge in [-0.05, 0) is 24.0 Å². The third-order valence-electron chi connectivity index (χ3n) is 2.07. The van der Waals surface area contributed by atoms with Crippen molar-refractivity contribution in [3.8, 4) is 0 Å². The molecule has 2 rings (SSSR count). The SMILES string of the molecule is CSc1ccc(C=NNc2nncn2N)cc1.Cl.Cl. The predicted molar refractivity (Wildman–Crippen MR) is 84.1 cm³/mol. The average Bonchev–Trinajstić information content (AvgIpc) is 2.76. The molecule has 0 radical (unpaired) electrons. The van der Waals surface area contributed by atoms with E-state index in [1.54, 1.807) is 18.0 Å². The summed E-state index contributed by atoms with van der Waals surface area (Å²) < 4.78 is 1.26. The van der Waals surface area contributed by atoms with Crippen molar-refractivity contribution in [3.05, 3.63) is 36.2 Å². The molecule has 1 aromatic heterocycles. The Hall–Kier alpha value is -1.44. The molecular weight excluding hydrogens is 307 g/mol. The van der Waals surface area contributed by atoms with Crippen LogP contribution in [0.25, 0.3) is 0 Å². The lowest BCUT2D eigenvalue weighted by Gasteiger charge is -1.98. The molecule has 0 aliphatic rings. The topological polar surface area (TPSA) is 81.1 Å². The molecule has 1 heterocycles. The first-order valence-corrected chi connectivity index (χ1v) is 6.10. The van der Waals surface area contributed by atoms with E-state index in [1.165, 1.54) is 15.9 Å². The van der Waals surface area contributed by atoms with Crippen LogP contribution < -0.4 is 11.3 Å². The minimum Gasteiger partial charge on any atom is -0.335 e. The summed E-state index contributed by atoms with van der Waals surface area (Å²) in [4.78, 5) is 1.22. The van der Waals surface area contributed by atoms with E-state index < -0.39 is 0 Å². The van der Waals surface area contributed by atoms with Gasteiger partial charge in [0.15, 0.2) is 0 Å². The van der Waals surface area contributed by atoms with Crippen molar-refractivity contribution < 1.29 is 0 Å². The van der Waals surface area contributed by atoms with Crippen LogP contribution in [0, 0.1) is 0 Å². The van der Waals surface area contributed by atoms with Gasteiger partial charge in [0.1, 0.15) is 6.33 Å². The first-order chi connectivity index (χ1) is 8.29. The van der Waals surface area contributed by atoms with Gasteiger partial charge in [0.2, 0.25) is 0 Å². The normalized spacial score (nSPS) is 9.74. The van der Waals surface area contributed by atoms with Crippen molar-refractivity contribution >= 4 is 48.7 Å². The van der Waals surface area contributed by atoms with Crippen LogP contribution in [0.2, 0.25) is 0 Å². The van der Waals surface area contributed by atoms with Gasteiger partial charge in [-0.15, -0.1) is 46.8 Å². The molecule has 0 saturated heterocycles. The number of hydrogen-bond acceptors (Lipinski definition) is 6. The van der Waals surface area contributed by atoms with Crippen molar-refractivity contribution in [3.63, 3.8) is 0 Å². The van der Waals surface area contributed by atoms with Crippen LogP contribution in [0.4, 0.5) is 5.95 Å². The zero-order valence-electron chi connectivity index (χ0n) is 10.1.